The first-order valence-corrected chi connectivity index (χ1v) is 8.96. The summed E-state index contributed by atoms with van der Waals surface area (Å²) in [6.45, 7) is 1.91. The van der Waals surface area contributed by atoms with Crippen molar-refractivity contribution < 1.29 is 14.0 Å². The average molecular weight is 359 g/mol. The Hall–Kier alpha value is -2.41. The number of hydrogen-bond acceptors (Lipinski definition) is 4. The van der Waals surface area contributed by atoms with Gasteiger partial charge in [0.1, 0.15) is 17.7 Å². The second kappa shape index (κ2) is 7.65. The monoisotopic (exact) mass is 359 g/mol. The van der Waals surface area contributed by atoms with E-state index in [0.29, 0.717) is 23.6 Å². The van der Waals surface area contributed by atoms with Crippen LogP contribution in [0, 0.1) is 12.7 Å². The molecule has 2 aromatic rings. The van der Waals surface area contributed by atoms with E-state index in [1.165, 1.54) is 17.8 Å². The first-order valence-electron chi connectivity index (χ1n) is 7.92. The Morgan fingerprint density at radius 3 is 2.84 bits per heavy atom. The zero-order valence-corrected chi connectivity index (χ0v) is 14.5. The van der Waals surface area contributed by atoms with Gasteiger partial charge in [0.05, 0.1) is 5.25 Å². The largest absolute Gasteiger partial charge is 0.343 e. The topological polar surface area (TPSA) is 71.1 Å². The van der Waals surface area contributed by atoms with E-state index in [1.807, 2.05) is 13.0 Å². The van der Waals surface area contributed by atoms with Gasteiger partial charge in [0.2, 0.25) is 11.8 Å². The minimum Gasteiger partial charge on any atom is -0.343 e. The van der Waals surface area contributed by atoms with E-state index in [4.69, 9.17) is 0 Å². The highest BCUT2D eigenvalue weighted by Crippen LogP contribution is 2.23. The van der Waals surface area contributed by atoms with Gasteiger partial charge in [-0.3, -0.25) is 9.59 Å². The van der Waals surface area contributed by atoms with Crippen molar-refractivity contribution in [3.05, 3.63) is 59.5 Å². The van der Waals surface area contributed by atoms with Crippen LogP contribution in [-0.2, 0) is 16.0 Å². The second-order valence-electron chi connectivity index (χ2n) is 5.89. The number of nitrogens with zero attached hydrogens (tertiary/aromatic N) is 1. The minimum atomic E-state index is -0.627. The van der Waals surface area contributed by atoms with Gasteiger partial charge in [-0.1, -0.05) is 24.3 Å². The summed E-state index contributed by atoms with van der Waals surface area (Å²) in [6, 6.07) is 9.35. The number of nitrogens with one attached hydrogen (secondary N) is 2. The lowest BCUT2D eigenvalue weighted by Crippen LogP contribution is -2.52. The van der Waals surface area contributed by atoms with Crippen molar-refractivity contribution in [3.63, 3.8) is 0 Å². The molecule has 2 amide bonds. The van der Waals surface area contributed by atoms with Gasteiger partial charge < -0.3 is 10.6 Å². The number of carbonyl (C=O) groups is 2. The molecule has 0 radical (unpaired) electrons. The standard InChI is InChI=1S/C18H18FN3O2S/c1-11-6-7-16(20-9-11)22-17(23)14-10-25-15(18(24)21-14)8-12-4-2-3-5-13(12)19/h2-7,9,14-15H,8,10H2,1H3,(H,21,24)(H,20,22,23)/t14-,15-/m0/s1. The zero-order valence-electron chi connectivity index (χ0n) is 13.7. The summed E-state index contributed by atoms with van der Waals surface area (Å²) in [4.78, 5) is 28.7. The Morgan fingerprint density at radius 1 is 1.36 bits per heavy atom. The third-order valence-corrected chi connectivity index (χ3v) is 5.22. The molecule has 1 aromatic heterocycles. The molecule has 0 saturated carbocycles. The number of rotatable bonds is 4. The highest BCUT2D eigenvalue weighted by molar-refractivity contribution is 8.00. The molecule has 1 aromatic carbocycles. The molecule has 1 fully saturated rings. The van der Waals surface area contributed by atoms with Gasteiger partial charge in [-0.2, -0.15) is 0 Å². The zero-order chi connectivity index (χ0) is 17.8. The number of aromatic nitrogens is 1. The minimum absolute atomic E-state index is 0.253. The van der Waals surface area contributed by atoms with Crippen LogP contribution in [0.1, 0.15) is 11.1 Å². The quantitative estimate of drug-likeness (QED) is 0.879. The lowest BCUT2D eigenvalue weighted by Gasteiger charge is -2.28. The van der Waals surface area contributed by atoms with Crippen LogP contribution in [0.15, 0.2) is 42.6 Å². The van der Waals surface area contributed by atoms with E-state index in [0.717, 1.165) is 5.56 Å². The molecule has 130 valence electrons. The van der Waals surface area contributed by atoms with Gasteiger partial charge in [-0.15, -0.1) is 11.8 Å². The number of aryl methyl sites for hydroxylation is 1. The van der Waals surface area contributed by atoms with E-state index in [-0.39, 0.29) is 17.6 Å². The molecule has 5 nitrogen and oxygen atoms in total. The van der Waals surface area contributed by atoms with E-state index in [9.17, 15) is 14.0 Å². The lowest BCUT2D eigenvalue weighted by atomic mass is 10.1. The Kier molecular flexibility index (Phi) is 5.33. The number of halogens is 1. The molecule has 0 aliphatic carbocycles. The lowest BCUT2D eigenvalue weighted by molar-refractivity contribution is -0.126. The number of anilines is 1. The predicted molar refractivity (Wildman–Crippen MR) is 95.9 cm³/mol. The van der Waals surface area contributed by atoms with Gasteiger partial charge >= 0.3 is 0 Å². The molecular weight excluding hydrogens is 341 g/mol. The molecule has 1 aliphatic rings. The summed E-state index contributed by atoms with van der Waals surface area (Å²) >= 11 is 1.36. The van der Waals surface area contributed by atoms with Crippen molar-refractivity contribution in [1.82, 2.24) is 10.3 Å². The summed E-state index contributed by atoms with van der Waals surface area (Å²) in [5.74, 6) is 0.00494. The molecule has 2 atom stereocenters. The van der Waals surface area contributed by atoms with Gasteiger partial charge in [0, 0.05) is 11.9 Å². The fourth-order valence-electron chi connectivity index (χ4n) is 2.51. The Labute approximate surface area is 149 Å². The molecule has 7 heteroatoms. The van der Waals surface area contributed by atoms with Crippen LogP contribution in [-0.4, -0.2) is 33.8 Å². The Bertz CT molecular complexity index is 782. The molecule has 3 rings (SSSR count). The smallest absolute Gasteiger partial charge is 0.248 e. The molecule has 2 heterocycles. The summed E-state index contributed by atoms with van der Waals surface area (Å²) in [7, 11) is 0. The van der Waals surface area contributed by atoms with Gasteiger partial charge in [0.15, 0.2) is 0 Å². The van der Waals surface area contributed by atoms with E-state index < -0.39 is 11.3 Å². The third kappa shape index (κ3) is 4.36. The van der Waals surface area contributed by atoms with Gasteiger partial charge in [0.25, 0.3) is 0 Å². The molecule has 0 unspecified atom stereocenters. The van der Waals surface area contributed by atoms with E-state index in [2.05, 4.69) is 15.6 Å². The maximum atomic E-state index is 13.7. The van der Waals surface area contributed by atoms with Crippen molar-refractivity contribution in [2.75, 3.05) is 11.1 Å². The Balaban J connectivity index is 1.57. The number of pyridine rings is 1. The van der Waals surface area contributed by atoms with Crippen LogP contribution in [0.2, 0.25) is 0 Å². The average Bonchev–Trinajstić information content (AvgIpc) is 2.60. The Morgan fingerprint density at radius 2 is 2.16 bits per heavy atom. The molecule has 1 aliphatic heterocycles. The second-order valence-corrected chi connectivity index (χ2v) is 7.12. The first-order chi connectivity index (χ1) is 12.0. The van der Waals surface area contributed by atoms with Crippen LogP contribution < -0.4 is 10.6 Å². The predicted octanol–water partition coefficient (Wildman–Crippen LogP) is 2.31. The molecular formula is C18H18FN3O2S. The third-order valence-electron chi connectivity index (χ3n) is 3.92. The van der Waals surface area contributed by atoms with Crippen molar-refractivity contribution >= 4 is 29.4 Å². The fraction of sp³-hybridized carbons (Fsp3) is 0.278. The van der Waals surface area contributed by atoms with Crippen LogP contribution in [0.5, 0.6) is 0 Å². The molecule has 1 saturated heterocycles. The number of thioether (sulfide) groups is 1. The van der Waals surface area contributed by atoms with Crippen LogP contribution in [0.4, 0.5) is 10.2 Å². The number of carbonyl (C=O) groups excluding carboxylic acids is 2. The van der Waals surface area contributed by atoms with Gasteiger partial charge in [-0.05, 0) is 36.6 Å². The van der Waals surface area contributed by atoms with E-state index >= 15 is 0 Å². The highest BCUT2D eigenvalue weighted by atomic mass is 32.2. The number of benzene rings is 1. The fourth-order valence-corrected chi connectivity index (χ4v) is 3.68. The van der Waals surface area contributed by atoms with Crippen LogP contribution >= 0.6 is 11.8 Å². The number of hydrogen-bond donors (Lipinski definition) is 2. The van der Waals surface area contributed by atoms with Gasteiger partial charge in [-0.25, -0.2) is 9.37 Å². The van der Waals surface area contributed by atoms with Crippen LogP contribution in [0.3, 0.4) is 0 Å². The number of amides is 2. The summed E-state index contributed by atoms with van der Waals surface area (Å²) in [5, 5.41) is 5.01. The normalized spacial score (nSPS) is 20.0. The van der Waals surface area contributed by atoms with Crippen molar-refractivity contribution in [2.24, 2.45) is 0 Å². The maximum absolute atomic E-state index is 13.7. The van der Waals surface area contributed by atoms with Crippen molar-refractivity contribution in [3.8, 4) is 0 Å². The van der Waals surface area contributed by atoms with Crippen LogP contribution in [0.25, 0.3) is 0 Å². The molecule has 25 heavy (non-hydrogen) atoms. The molecule has 0 bridgehead atoms. The summed E-state index contributed by atoms with van der Waals surface area (Å²) in [5.41, 5.74) is 1.50. The molecule has 2 N–H and O–H groups in total. The van der Waals surface area contributed by atoms with Crippen molar-refractivity contribution in [2.45, 2.75) is 24.6 Å². The summed E-state index contributed by atoms with van der Waals surface area (Å²) in [6.07, 6.45) is 1.96. The summed E-state index contributed by atoms with van der Waals surface area (Å²) < 4.78 is 13.7. The van der Waals surface area contributed by atoms with Crippen molar-refractivity contribution in [1.29, 1.82) is 0 Å². The maximum Gasteiger partial charge on any atom is 0.248 e. The SMILES string of the molecule is Cc1ccc(NC(=O)[C@@H]2CS[C@@H](Cc3ccccc3F)C(=O)N2)nc1. The van der Waals surface area contributed by atoms with E-state index in [1.54, 1.807) is 30.5 Å². The first kappa shape index (κ1) is 17.4. The molecule has 0 spiro atoms. The highest BCUT2D eigenvalue weighted by Gasteiger charge is 2.32.